The van der Waals surface area contributed by atoms with Crippen LogP contribution in [0.1, 0.15) is 13.3 Å². The molecule has 0 bridgehead atoms. The summed E-state index contributed by atoms with van der Waals surface area (Å²) >= 11 is 1.39. The van der Waals surface area contributed by atoms with E-state index in [-0.39, 0.29) is 17.6 Å². The molecule has 104 valence electrons. The molecule has 0 unspecified atom stereocenters. The van der Waals surface area contributed by atoms with Crippen LogP contribution in [-0.4, -0.2) is 30.0 Å². The van der Waals surface area contributed by atoms with Crippen LogP contribution in [0.25, 0.3) is 0 Å². The number of thioether (sulfide) groups is 1. The first-order chi connectivity index (χ1) is 9.11. The number of ether oxygens (including phenoxy) is 1. The number of esters is 1. The molecule has 0 aromatic heterocycles. The molecule has 0 fully saturated rings. The van der Waals surface area contributed by atoms with Crippen LogP contribution in [0.15, 0.2) is 24.3 Å². The highest BCUT2D eigenvalue weighted by molar-refractivity contribution is 7.99. The third kappa shape index (κ3) is 6.71. The summed E-state index contributed by atoms with van der Waals surface area (Å²) in [7, 11) is 0. The van der Waals surface area contributed by atoms with Crippen molar-refractivity contribution in [3.8, 4) is 0 Å². The second-order valence-corrected chi connectivity index (χ2v) is 4.88. The van der Waals surface area contributed by atoms with E-state index in [1.165, 1.54) is 11.8 Å². The zero-order valence-electron chi connectivity index (χ0n) is 10.8. The Hall–Kier alpha value is -1.69. The maximum atomic E-state index is 11.6. The minimum atomic E-state index is -0.244. The number of carbonyl (C=O) groups is 2. The molecule has 5 nitrogen and oxygen atoms in total. The standard InChI is InChI=1S/C13H18N2O3S/c1-2-18-13(17)9-19-8-7-12(16)15-11-5-3-10(14)4-6-11/h3-6H,2,7-9,14H2,1H3,(H,15,16). The van der Waals surface area contributed by atoms with E-state index in [2.05, 4.69) is 5.32 Å². The fourth-order valence-electron chi connectivity index (χ4n) is 1.31. The number of benzene rings is 1. The van der Waals surface area contributed by atoms with Crippen LogP contribution in [0.2, 0.25) is 0 Å². The smallest absolute Gasteiger partial charge is 0.315 e. The average molecular weight is 282 g/mol. The topological polar surface area (TPSA) is 81.4 Å². The van der Waals surface area contributed by atoms with Crippen molar-refractivity contribution in [1.82, 2.24) is 0 Å². The quantitative estimate of drug-likeness (QED) is 0.453. The molecule has 0 saturated heterocycles. The number of amides is 1. The Labute approximate surface area is 116 Å². The molecule has 1 rings (SSSR count). The van der Waals surface area contributed by atoms with E-state index in [0.29, 0.717) is 24.5 Å². The summed E-state index contributed by atoms with van der Waals surface area (Å²) in [5.41, 5.74) is 6.92. The van der Waals surface area contributed by atoms with Crippen molar-refractivity contribution in [3.63, 3.8) is 0 Å². The van der Waals surface area contributed by atoms with Gasteiger partial charge in [0.05, 0.1) is 12.4 Å². The summed E-state index contributed by atoms with van der Waals surface area (Å²) in [5.74, 6) is 0.537. The van der Waals surface area contributed by atoms with Gasteiger partial charge in [-0.25, -0.2) is 0 Å². The average Bonchev–Trinajstić information content (AvgIpc) is 2.38. The van der Waals surface area contributed by atoms with Gasteiger partial charge < -0.3 is 15.8 Å². The van der Waals surface area contributed by atoms with E-state index in [9.17, 15) is 9.59 Å². The van der Waals surface area contributed by atoms with Crippen molar-refractivity contribution in [2.45, 2.75) is 13.3 Å². The fourth-order valence-corrected chi connectivity index (χ4v) is 2.04. The molecular weight excluding hydrogens is 264 g/mol. The monoisotopic (exact) mass is 282 g/mol. The number of hydrogen-bond donors (Lipinski definition) is 2. The first-order valence-corrected chi connectivity index (χ1v) is 7.16. The number of carbonyl (C=O) groups excluding carboxylic acids is 2. The molecule has 19 heavy (non-hydrogen) atoms. The third-order valence-electron chi connectivity index (χ3n) is 2.19. The number of nitrogens with two attached hydrogens (primary N) is 1. The molecule has 0 saturated carbocycles. The van der Waals surface area contributed by atoms with E-state index in [4.69, 9.17) is 10.5 Å². The van der Waals surface area contributed by atoms with Crippen LogP contribution in [-0.2, 0) is 14.3 Å². The van der Waals surface area contributed by atoms with Gasteiger partial charge in [-0.3, -0.25) is 9.59 Å². The normalized spacial score (nSPS) is 9.95. The van der Waals surface area contributed by atoms with E-state index in [1.807, 2.05) is 0 Å². The van der Waals surface area contributed by atoms with Crippen molar-refractivity contribution < 1.29 is 14.3 Å². The van der Waals surface area contributed by atoms with Crippen LogP contribution in [0.4, 0.5) is 11.4 Å². The molecule has 1 amide bonds. The van der Waals surface area contributed by atoms with Gasteiger partial charge in [-0.05, 0) is 31.2 Å². The highest BCUT2D eigenvalue weighted by Crippen LogP contribution is 2.11. The molecule has 3 N–H and O–H groups in total. The van der Waals surface area contributed by atoms with E-state index < -0.39 is 0 Å². The number of nitrogen functional groups attached to an aromatic ring is 1. The Balaban J connectivity index is 2.18. The van der Waals surface area contributed by atoms with Crippen LogP contribution in [0.3, 0.4) is 0 Å². The van der Waals surface area contributed by atoms with Gasteiger partial charge in [0.25, 0.3) is 0 Å². The molecule has 0 aliphatic carbocycles. The van der Waals surface area contributed by atoms with Gasteiger partial charge in [-0.15, -0.1) is 11.8 Å². The molecular formula is C13H18N2O3S. The minimum Gasteiger partial charge on any atom is -0.465 e. The van der Waals surface area contributed by atoms with Gasteiger partial charge in [-0.1, -0.05) is 0 Å². The Morgan fingerprint density at radius 2 is 2.00 bits per heavy atom. The van der Waals surface area contributed by atoms with Gasteiger partial charge in [0.1, 0.15) is 0 Å². The van der Waals surface area contributed by atoms with Crippen LogP contribution < -0.4 is 11.1 Å². The SMILES string of the molecule is CCOC(=O)CSCCC(=O)Nc1ccc(N)cc1. The lowest BCUT2D eigenvalue weighted by Crippen LogP contribution is -2.13. The van der Waals surface area contributed by atoms with Crippen molar-refractivity contribution in [3.05, 3.63) is 24.3 Å². The van der Waals surface area contributed by atoms with Crippen LogP contribution in [0.5, 0.6) is 0 Å². The van der Waals surface area contributed by atoms with Crippen LogP contribution in [0, 0.1) is 0 Å². The van der Waals surface area contributed by atoms with Crippen molar-refractivity contribution >= 4 is 35.0 Å². The van der Waals surface area contributed by atoms with Crippen LogP contribution >= 0.6 is 11.8 Å². The maximum Gasteiger partial charge on any atom is 0.315 e. The lowest BCUT2D eigenvalue weighted by atomic mass is 10.3. The fraction of sp³-hybridized carbons (Fsp3) is 0.385. The lowest BCUT2D eigenvalue weighted by molar-refractivity contribution is -0.139. The van der Waals surface area contributed by atoms with Gasteiger partial charge >= 0.3 is 5.97 Å². The Kier molecular flexibility index (Phi) is 6.81. The largest absolute Gasteiger partial charge is 0.465 e. The number of nitrogens with one attached hydrogen (secondary N) is 1. The lowest BCUT2D eigenvalue weighted by Gasteiger charge is -2.05. The summed E-state index contributed by atoms with van der Waals surface area (Å²) in [5, 5.41) is 2.76. The summed E-state index contributed by atoms with van der Waals surface area (Å²) in [6.45, 7) is 2.15. The second-order valence-electron chi connectivity index (χ2n) is 3.78. The number of anilines is 2. The summed E-state index contributed by atoms with van der Waals surface area (Å²) < 4.78 is 4.78. The third-order valence-corrected chi connectivity index (χ3v) is 3.13. The second kappa shape index (κ2) is 8.42. The molecule has 6 heteroatoms. The maximum absolute atomic E-state index is 11.6. The summed E-state index contributed by atoms with van der Waals surface area (Å²) in [6.07, 6.45) is 0.356. The highest BCUT2D eigenvalue weighted by Gasteiger charge is 2.05. The number of rotatable bonds is 7. The Morgan fingerprint density at radius 3 is 2.63 bits per heavy atom. The Bertz CT molecular complexity index is 420. The minimum absolute atomic E-state index is 0.0823. The van der Waals surface area contributed by atoms with E-state index in [0.717, 1.165) is 5.69 Å². The molecule has 0 aliphatic heterocycles. The highest BCUT2D eigenvalue weighted by atomic mass is 32.2. The van der Waals surface area contributed by atoms with Gasteiger partial charge in [0.2, 0.25) is 5.91 Å². The zero-order chi connectivity index (χ0) is 14.1. The molecule has 1 aromatic carbocycles. The predicted molar refractivity (Wildman–Crippen MR) is 78.1 cm³/mol. The zero-order valence-corrected chi connectivity index (χ0v) is 11.7. The number of hydrogen-bond acceptors (Lipinski definition) is 5. The first-order valence-electron chi connectivity index (χ1n) is 6.00. The van der Waals surface area contributed by atoms with Crippen molar-refractivity contribution in [2.75, 3.05) is 29.2 Å². The first kappa shape index (κ1) is 15.4. The molecule has 1 aromatic rings. The van der Waals surface area contributed by atoms with E-state index >= 15 is 0 Å². The summed E-state index contributed by atoms with van der Waals surface area (Å²) in [6, 6.07) is 6.95. The molecule has 0 radical (unpaired) electrons. The molecule has 0 heterocycles. The molecule has 0 aliphatic rings. The summed E-state index contributed by atoms with van der Waals surface area (Å²) in [4.78, 5) is 22.7. The Morgan fingerprint density at radius 1 is 1.32 bits per heavy atom. The van der Waals surface area contributed by atoms with Gasteiger partial charge in [0.15, 0.2) is 0 Å². The van der Waals surface area contributed by atoms with Crippen molar-refractivity contribution in [2.24, 2.45) is 0 Å². The van der Waals surface area contributed by atoms with Gasteiger partial charge in [-0.2, -0.15) is 0 Å². The van der Waals surface area contributed by atoms with Crippen molar-refractivity contribution in [1.29, 1.82) is 0 Å². The molecule has 0 spiro atoms. The molecule has 0 atom stereocenters. The van der Waals surface area contributed by atoms with E-state index in [1.54, 1.807) is 31.2 Å². The van der Waals surface area contributed by atoms with Gasteiger partial charge in [0, 0.05) is 23.5 Å². The predicted octanol–water partition coefficient (Wildman–Crippen LogP) is 1.89.